The number of sulfone groups is 1. The number of rotatable bonds is 7. The molecule has 1 heterocycles. The van der Waals surface area contributed by atoms with Crippen LogP contribution in [0.15, 0.2) is 53.7 Å². The number of hydrogen-bond donors (Lipinski definition) is 3. The second-order valence-corrected chi connectivity index (χ2v) is 8.90. The van der Waals surface area contributed by atoms with Crippen LogP contribution in [0.25, 0.3) is 0 Å². The minimum absolute atomic E-state index is 0. The van der Waals surface area contributed by atoms with Crippen LogP contribution in [0, 0.1) is 5.92 Å². The van der Waals surface area contributed by atoms with E-state index in [1.165, 1.54) is 12.1 Å². The number of nitrogens with zero attached hydrogens (tertiary/aromatic N) is 1. The quantitative estimate of drug-likeness (QED) is 0.570. The number of nitrogens with one attached hydrogen (secondary N) is 1. The Morgan fingerprint density at radius 2 is 1.83 bits per heavy atom. The summed E-state index contributed by atoms with van der Waals surface area (Å²) in [4.78, 5) is 4.28. The van der Waals surface area contributed by atoms with Crippen LogP contribution >= 0.6 is 24.8 Å². The Bertz CT molecular complexity index is 853. The second-order valence-electron chi connectivity index (χ2n) is 6.88. The lowest BCUT2D eigenvalue weighted by molar-refractivity contribution is 0.00206. The van der Waals surface area contributed by atoms with Crippen molar-refractivity contribution in [1.82, 2.24) is 10.3 Å². The number of benzene rings is 1. The van der Waals surface area contributed by atoms with Gasteiger partial charge in [0.15, 0.2) is 9.84 Å². The minimum atomic E-state index is -3.24. The summed E-state index contributed by atoms with van der Waals surface area (Å²) in [6.45, 7) is 0.796. The number of halogens is 2. The smallest absolute Gasteiger partial charge is 0.175 e. The second kappa shape index (κ2) is 11.1. The van der Waals surface area contributed by atoms with Crippen LogP contribution in [0.1, 0.15) is 12.0 Å². The maximum absolute atomic E-state index is 11.5. The molecule has 162 valence electrons. The van der Waals surface area contributed by atoms with Gasteiger partial charge in [0.1, 0.15) is 5.75 Å². The lowest BCUT2D eigenvalue weighted by Crippen LogP contribution is -2.39. The van der Waals surface area contributed by atoms with E-state index in [9.17, 15) is 18.6 Å². The fraction of sp³-hybridized carbons (Fsp3) is 0.421. The van der Waals surface area contributed by atoms with E-state index in [1.54, 1.807) is 24.5 Å². The zero-order valence-electron chi connectivity index (χ0n) is 15.8. The summed E-state index contributed by atoms with van der Waals surface area (Å²) in [7, 11) is -3.24. The summed E-state index contributed by atoms with van der Waals surface area (Å²) >= 11 is 0. The molecule has 1 aromatic carbocycles. The van der Waals surface area contributed by atoms with Gasteiger partial charge in [-0.1, -0.05) is 6.07 Å². The van der Waals surface area contributed by atoms with Gasteiger partial charge in [-0.05, 0) is 42.3 Å². The Morgan fingerprint density at radius 3 is 2.41 bits per heavy atom. The molecule has 0 bridgehead atoms. The van der Waals surface area contributed by atoms with Crippen LogP contribution < -0.4 is 10.1 Å². The number of aromatic nitrogens is 1. The number of ether oxygens (including phenoxy) is 1. The summed E-state index contributed by atoms with van der Waals surface area (Å²) in [6.07, 6.45) is 3.43. The van der Waals surface area contributed by atoms with Crippen molar-refractivity contribution in [2.75, 3.05) is 12.9 Å². The predicted molar refractivity (Wildman–Crippen MR) is 115 cm³/mol. The number of aliphatic hydroxyl groups excluding tert-OH is 2. The molecule has 7 nitrogen and oxygen atoms in total. The summed E-state index contributed by atoms with van der Waals surface area (Å²) in [5, 5.41) is 23.8. The molecule has 1 saturated carbocycles. The Morgan fingerprint density at radius 1 is 1.14 bits per heavy atom. The lowest BCUT2D eigenvalue weighted by Gasteiger charge is -2.18. The fourth-order valence-corrected chi connectivity index (χ4v) is 3.86. The minimum Gasteiger partial charge on any atom is -0.493 e. The third-order valence-corrected chi connectivity index (χ3v) is 5.94. The molecule has 1 aromatic heterocycles. The topological polar surface area (TPSA) is 109 Å². The highest BCUT2D eigenvalue weighted by atomic mass is 35.5. The molecule has 1 aliphatic rings. The van der Waals surface area contributed by atoms with E-state index in [2.05, 4.69) is 10.3 Å². The standard InChI is InChI=1S/C19H24N2O5S.2ClH/c1-27(24,25)16-6-4-15(5-7-16)26-12-14-9-17(19(23)18(14)22)21-11-13-3-2-8-20-10-13;;/h2-8,10,14,17-19,21-23H,9,11-12H2,1H3;2*1H/t14-,17-,18-,19+;;/m1../s1. The first-order chi connectivity index (χ1) is 12.8. The third-order valence-electron chi connectivity index (χ3n) is 4.81. The van der Waals surface area contributed by atoms with Gasteiger partial charge in [0.25, 0.3) is 0 Å². The van der Waals surface area contributed by atoms with Gasteiger partial charge >= 0.3 is 0 Å². The van der Waals surface area contributed by atoms with Gasteiger partial charge in [0.05, 0.1) is 23.7 Å². The van der Waals surface area contributed by atoms with Crippen molar-refractivity contribution in [3.8, 4) is 5.75 Å². The first-order valence-corrected chi connectivity index (χ1v) is 10.6. The normalized spacial score (nSPS) is 23.7. The van der Waals surface area contributed by atoms with E-state index in [0.717, 1.165) is 11.8 Å². The van der Waals surface area contributed by atoms with Crippen LogP contribution in [0.2, 0.25) is 0 Å². The van der Waals surface area contributed by atoms with Crippen molar-refractivity contribution in [2.45, 2.75) is 36.1 Å². The van der Waals surface area contributed by atoms with Crippen LogP contribution in [-0.4, -0.2) is 54.7 Å². The van der Waals surface area contributed by atoms with Gasteiger partial charge in [-0.3, -0.25) is 4.98 Å². The molecule has 1 fully saturated rings. The Hall–Kier alpha value is -1.42. The molecule has 29 heavy (non-hydrogen) atoms. The molecule has 0 unspecified atom stereocenters. The highest BCUT2D eigenvalue weighted by Crippen LogP contribution is 2.28. The fourth-order valence-electron chi connectivity index (χ4n) is 3.23. The Labute approximate surface area is 183 Å². The molecule has 2 aromatic rings. The molecule has 0 radical (unpaired) electrons. The molecule has 4 atom stereocenters. The summed E-state index contributed by atoms with van der Waals surface area (Å²) in [6, 6.07) is 9.72. The summed E-state index contributed by atoms with van der Waals surface area (Å²) in [5.41, 5.74) is 1.00. The first kappa shape index (κ1) is 25.6. The molecule has 0 aliphatic heterocycles. The van der Waals surface area contributed by atoms with Gasteiger partial charge < -0.3 is 20.3 Å². The molecular formula is C19H26Cl2N2O5S. The van der Waals surface area contributed by atoms with E-state index >= 15 is 0 Å². The van der Waals surface area contributed by atoms with E-state index in [-0.39, 0.29) is 48.3 Å². The van der Waals surface area contributed by atoms with Crippen LogP contribution in [0.4, 0.5) is 0 Å². The van der Waals surface area contributed by atoms with Crippen molar-refractivity contribution < 1.29 is 23.4 Å². The highest BCUT2D eigenvalue weighted by molar-refractivity contribution is 7.90. The number of pyridine rings is 1. The monoisotopic (exact) mass is 464 g/mol. The maximum atomic E-state index is 11.5. The Balaban J connectivity index is 0.00000210. The molecule has 0 amide bonds. The van der Waals surface area contributed by atoms with Gasteiger partial charge in [-0.2, -0.15) is 0 Å². The van der Waals surface area contributed by atoms with Gasteiger partial charge in [-0.15, -0.1) is 24.8 Å². The largest absolute Gasteiger partial charge is 0.493 e. The van der Waals surface area contributed by atoms with Crippen molar-refractivity contribution in [3.63, 3.8) is 0 Å². The van der Waals surface area contributed by atoms with E-state index < -0.39 is 22.0 Å². The van der Waals surface area contributed by atoms with Gasteiger partial charge in [0, 0.05) is 37.2 Å². The zero-order chi connectivity index (χ0) is 19.4. The predicted octanol–water partition coefficient (Wildman–Crippen LogP) is 1.61. The average molecular weight is 465 g/mol. The molecule has 10 heteroatoms. The number of hydrogen-bond acceptors (Lipinski definition) is 7. The first-order valence-electron chi connectivity index (χ1n) is 8.76. The Kier molecular flexibility index (Phi) is 9.81. The number of aliphatic hydroxyl groups is 2. The van der Waals surface area contributed by atoms with E-state index in [4.69, 9.17) is 4.74 Å². The zero-order valence-corrected chi connectivity index (χ0v) is 18.3. The average Bonchev–Trinajstić information content (AvgIpc) is 2.93. The van der Waals surface area contributed by atoms with Crippen molar-refractivity contribution in [1.29, 1.82) is 0 Å². The van der Waals surface area contributed by atoms with Crippen LogP contribution in [-0.2, 0) is 16.4 Å². The SMILES string of the molecule is CS(=O)(=O)c1ccc(OC[C@H]2C[C@@H](NCc3cccnc3)[C@H](O)[C@@H]2O)cc1.Cl.Cl. The molecule has 0 spiro atoms. The van der Waals surface area contributed by atoms with Crippen molar-refractivity contribution in [3.05, 3.63) is 54.4 Å². The van der Waals surface area contributed by atoms with E-state index in [1.807, 2.05) is 12.1 Å². The molecular weight excluding hydrogens is 439 g/mol. The van der Waals surface area contributed by atoms with Crippen molar-refractivity contribution in [2.24, 2.45) is 5.92 Å². The van der Waals surface area contributed by atoms with Crippen LogP contribution in [0.5, 0.6) is 5.75 Å². The molecule has 0 saturated heterocycles. The molecule has 3 N–H and O–H groups in total. The summed E-state index contributed by atoms with van der Waals surface area (Å²) in [5.74, 6) is 0.303. The highest BCUT2D eigenvalue weighted by Gasteiger charge is 2.41. The van der Waals surface area contributed by atoms with Crippen LogP contribution in [0.3, 0.4) is 0 Å². The molecule has 1 aliphatic carbocycles. The lowest BCUT2D eigenvalue weighted by atomic mass is 10.1. The van der Waals surface area contributed by atoms with Crippen molar-refractivity contribution >= 4 is 34.7 Å². The van der Waals surface area contributed by atoms with Gasteiger partial charge in [0.2, 0.25) is 0 Å². The molecule has 3 rings (SSSR count). The third kappa shape index (κ3) is 6.80. The van der Waals surface area contributed by atoms with Gasteiger partial charge in [-0.25, -0.2) is 8.42 Å². The maximum Gasteiger partial charge on any atom is 0.175 e. The van der Waals surface area contributed by atoms with E-state index in [0.29, 0.717) is 18.7 Å². The summed E-state index contributed by atoms with van der Waals surface area (Å²) < 4.78 is 28.6.